The fourth-order valence-corrected chi connectivity index (χ4v) is 2.80. The number of carbonyl (C=O) groups excluding carboxylic acids is 1. The fraction of sp³-hybridized carbons (Fsp3) is 0. The molecule has 3 aromatic carbocycles. The van der Waals surface area contributed by atoms with Gasteiger partial charge in [-0.2, -0.15) is 0 Å². The van der Waals surface area contributed by atoms with Gasteiger partial charge in [0.1, 0.15) is 0 Å². The van der Waals surface area contributed by atoms with Crippen LogP contribution in [0.15, 0.2) is 66.7 Å². The van der Waals surface area contributed by atoms with E-state index in [1.54, 1.807) is 24.3 Å². The topological polar surface area (TPSA) is 29.1 Å². The molecule has 0 saturated heterocycles. The lowest BCUT2D eigenvalue weighted by molar-refractivity contribution is -0.111. The van der Waals surface area contributed by atoms with Crippen molar-refractivity contribution in [2.24, 2.45) is 0 Å². The highest BCUT2D eigenvalue weighted by Gasteiger charge is 2.03. The third kappa shape index (κ3) is 3.73. The van der Waals surface area contributed by atoms with E-state index in [2.05, 4.69) is 5.32 Å². The van der Waals surface area contributed by atoms with Gasteiger partial charge in [-0.25, -0.2) is 0 Å². The molecule has 2 nitrogen and oxygen atoms in total. The first-order valence-electron chi connectivity index (χ1n) is 7.05. The van der Waals surface area contributed by atoms with Crippen molar-refractivity contribution in [3.05, 3.63) is 82.3 Å². The van der Waals surface area contributed by atoms with E-state index >= 15 is 0 Å². The van der Waals surface area contributed by atoms with Crippen LogP contribution in [0, 0.1) is 0 Å². The summed E-state index contributed by atoms with van der Waals surface area (Å²) in [5.41, 5.74) is 1.37. The van der Waals surface area contributed by atoms with Crippen molar-refractivity contribution in [1.29, 1.82) is 0 Å². The molecule has 0 aliphatic rings. The molecule has 1 N–H and O–H groups in total. The Bertz CT molecular complexity index is 883. The maximum absolute atomic E-state index is 12.1. The second-order valence-electron chi connectivity index (χ2n) is 5.02. The number of rotatable bonds is 3. The van der Waals surface area contributed by atoms with Crippen molar-refractivity contribution < 1.29 is 4.79 Å². The molecular formula is C19H13Cl2NO. The van der Waals surface area contributed by atoms with Crippen molar-refractivity contribution in [3.63, 3.8) is 0 Å². The first-order valence-corrected chi connectivity index (χ1v) is 7.81. The molecule has 0 unspecified atom stereocenters. The van der Waals surface area contributed by atoms with Crippen molar-refractivity contribution in [2.45, 2.75) is 0 Å². The molecule has 0 atom stereocenters. The Labute approximate surface area is 144 Å². The lowest BCUT2D eigenvalue weighted by Crippen LogP contribution is -2.07. The van der Waals surface area contributed by atoms with Crippen molar-refractivity contribution in [2.75, 3.05) is 5.32 Å². The van der Waals surface area contributed by atoms with E-state index in [0.717, 1.165) is 16.5 Å². The Morgan fingerprint density at radius 1 is 0.870 bits per heavy atom. The van der Waals surface area contributed by atoms with Crippen LogP contribution >= 0.6 is 23.2 Å². The van der Waals surface area contributed by atoms with Crippen LogP contribution in [-0.4, -0.2) is 5.91 Å². The van der Waals surface area contributed by atoms with Gasteiger partial charge in [0.2, 0.25) is 5.91 Å². The predicted molar refractivity (Wildman–Crippen MR) is 98.1 cm³/mol. The van der Waals surface area contributed by atoms with E-state index in [1.807, 2.05) is 42.5 Å². The third-order valence-electron chi connectivity index (χ3n) is 3.42. The molecule has 0 heterocycles. The number of benzene rings is 3. The summed E-state index contributed by atoms with van der Waals surface area (Å²) in [6, 6.07) is 19.0. The number of carbonyl (C=O) groups is 1. The molecule has 0 fully saturated rings. The van der Waals surface area contributed by atoms with Gasteiger partial charge in [-0.15, -0.1) is 0 Å². The van der Waals surface area contributed by atoms with E-state index < -0.39 is 0 Å². The highest BCUT2D eigenvalue weighted by molar-refractivity contribution is 6.37. The van der Waals surface area contributed by atoms with Crippen LogP contribution < -0.4 is 5.32 Å². The summed E-state index contributed by atoms with van der Waals surface area (Å²) < 4.78 is 0. The average Bonchev–Trinajstić information content (AvgIpc) is 2.54. The van der Waals surface area contributed by atoms with Gasteiger partial charge in [0.25, 0.3) is 0 Å². The molecule has 4 heteroatoms. The standard InChI is InChI=1S/C19H13Cl2NO/c20-17-6-3-7-18(21)16(17)10-11-19(23)22-15-9-8-13-4-1-2-5-14(13)12-15/h1-12H,(H,22,23). The first kappa shape index (κ1) is 15.6. The quantitative estimate of drug-likeness (QED) is 0.599. The summed E-state index contributed by atoms with van der Waals surface area (Å²) in [5.74, 6) is -0.240. The van der Waals surface area contributed by atoms with E-state index in [1.165, 1.54) is 6.08 Å². The third-order valence-corrected chi connectivity index (χ3v) is 4.08. The van der Waals surface area contributed by atoms with Crippen LogP contribution in [0.3, 0.4) is 0 Å². The Kier molecular flexibility index (Phi) is 4.65. The zero-order chi connectivity index (χ0) is 16.2. The largest absolute Gasteiger partial charge is 0.322 e. The smallest absolute Gasteiger partial charge is 0.248 e. The fourth-order valence-electron chi connectivity index (χ4n) is 2.28. The average molecular weight is 342 g/mol. The summed E-state index contributed by atoms with van der Waals surface area (Å²) in [4.78, 5) is 12.1. The van der Waals surface area contributed by atoms with Gasteiger partial charge in [0, 0.05) is 27.4 Å². The van der Waals surface area contributed by atoms with Gasteiger partial charge < -0.3 is 5.32 Å². The summed E-state index contributed by atoms with van der Waals surface area (Å²) in [5, 5.41) is 6.05. The van der Waals surface area contributed by atoms with Crippen molar-refractivity contribution >= 4 is 51.6 Å². The van der Waals surface area contributed by atoms with E-state index in [0.29, 0.717) is 15.6 Å². The maximum Gasteiger partial charge on any atom is 0.248 e. The zero-order valence-corrected chi connectivity index (χ0v) is 13.6. The van der Waals surface area contributed by atoms with E-state index in [9.17, 15) is 4.79 Å². The second kappa shape index (κ2) is 6.86. The van der Waals surface area contributed by atoms with Crippen LogP contribution in [-0.2, 0) is 4.79 Å². The monoisotopic (exact) mass is 341 g/mol. The van der Waals surface area contributed by atoms with Crippen LogP contribution in [0.2, 0.25) is 10.0 Å². The summed E-state index contributed by atoms with van der Waals surface area (Å²) >= 11 is 12.1. The minimum Gasteiger partial charge on any atom is -0.322 e. The molecule has 1 amide bonds. The second-order valence-corrected chi connectivity index (χ2v) is 5.83. The van der Waals surface area contributed by atoms with Crippen LogP contribution in [0.5, 0.6) is 0 Å². The molecule has 0 saturated carbocycles. The number of amides is 1. The molecular weight excluding hydrogens is 329 g/mol. The van der Waals surface area contributed by atoms with Gasteiger partial charge in [-0.3, -0.25) is 4.79 Å². The maximum atomic E-state index is 12.1. The number of fused-ring (bicyclic) bond motifs is 1. The number of halogens is 2. The molecule has 114 valence electrons. The van der Waals surface area contributed by atoms with Crippen LogP contribution in [0.25, 0.3) is 16.8 Å². The summed E-state index contributed by atoms with van der Waals surface area (Å²) in [7, 11) is 0. The molecule has 0 spiro atoms. The van der Waals surface area contributed by atoms with E-state index in [4.69, 9.17) is 23.2 Å². The Hall–Kier alpha value is -2.29. The lowest BCUT2D eigenvalue weighted by atomic mass is 10.1. The number of hydrogen-bond donors (Lipinski definition) is 1. The molecule has 0 aliphatic heterocycles. The summed E-state index contributed by atoms with van der Waals surface area (Å²) in [6.07, 6.45) is 3.03. The molecule has 0 aliphatic carbocycles. The van der Waals surface area contributed by atoms with Gasteiger partial charge in [0.05, 0.1) is 0 Å². The van der Waals surface area contributed by atoms with Crippen molar-refractivity contribution in [1.82, 2.24) is 0 Å². The Morgan fingerprint density at radius 2 is 1.57 bits per heavy atom. The molecule has 3 aromatic rings. The highest BCUT2D eigenvalue weighted by Crippen LogP contribution is 2.25. The molecule has 0 radical (unpaired) electrons. The molecule has 3 rings (SSSR count). The van der Waals surface area contributed by atoms with Gasteiger partial charge >= 0.3 is 0 Å². The number of anilines is 1. The minimum absolute atomic E-state index is 0.240. The van der Waals surface area contributed by atoms with Gasteiger partial charge in [-0.05, 0) is 41.1 Å². The normalized spacial score (nSPS) is 11.0. The minimum atomic E-state index is -0.240. The van der Waals surface area contributed by atoms with Gasteiger partial charge in [0.15, 0.2) is 0 Å². The highest BCUT2D eigenvalue weighted by atomic mass is 35.5. The molecule has 23 heavy (non-hydrogen) atoms. The number of hydrogen-bond acceptors (Lipinski definition) is 1. The molecule has 0 bridgehead atoms. The van der Waals surface area contributed by atoms with Crippen LogP contribution in [0.4, 0.5) is 5.69 Å². The summed E-state index contributed by atoms with van der Waals surface area (Å²) in [6.45, 7) is 0. The SMILES string of the molecule is O=C(C=Cc1c(Cl)cccc1Cl)Nc1ccc2ccccc2c1. The first-order chi connectivity index (χ1) is 11.1. The molecule has 0 aromatic heterocycles. The predicted octanol–water partition coefficient (Wildman–Crippen LogP) is 5.80. The van der Waals surface area contributed by atoms with Crippen LogP contribution in [0.1, 0.15) is 5.56 Å². The Morgan fingerprint density at radius 3 is 2.30 bits per heavy atom. The number of nitrogens with one attached hydrogen (secondary N) is 1. The van der Waals surface area contributed by atoms with E-state index in [-0.39, 0.29) is 5.91 Å². The Balaban J connectivity index is 1.77. The van der Waals surface area contributed by atoms with Gasteiger partial charge in [-0.1, -0.05) is 59.6 Å². The lowest BCUT2D eigenvalue weighted by Gasteiger charge is -2.05. The zero-order valence-electron chi connectivity index (χ0n) is 12.1. The van der Waals surface area contributed by atoms with Crippen molar-refractivity contribution in [3.8, 4) is 0 Å².